The summed E-state index contributed by atoms with van der Waals surface area (Å²) in [6.45, 7) is 1.45. The summed E-state index contributed by atoms with van der Waals surface area (Å²) in [5, 5.41) is 3.33. The van der Waals surface area contributed by atoms with Crippen molar-refractivity contribution in [3.8, 4) is 0 Å². The van der Waals surface area contributed by atoms with E-state index in [0.29, 0.717) is 6.54 Å². The van der Waals surface area contributed by atoms with Crippen LogP contribution in [0.5, 0.6) is 0 Å². The average Bonchev–Trinajstić information content (AvgIpc) is 2.73. The highest BCUT2D eigenvalue weighted by molar-refractivity contribution is 6.13. The second kappa shape index (κ2) is 7.01. The minimum atomic E-state index is 0.151. The molecule has 0 aliphatic carbocycles. The standard InChI is InChI=1S/C20H19NO/c22-20-18(13-16-7-3-1-4-8-16)11-12-21-15-19(20)14-17-9-5-2-6-10-17/h1-10,13-14,21H,11-12,15H2. The fourth-order valence-corrected chi connectivity index (χ4v) is 2.60. The molecule has 2 nitrogen and oxygen atoms in total. The molecule has 1 aliphatic heterocycles. The van der Waals surface area contributed by atoms with E-state index in [1.165, 1.54) is 0 Å². The summed E-state index contributed by atoms with van der Waals surface area (Å²) in [4.78, 5) is 12.8. The minimum absolute atomic E-state index is 0.151. The predicted octanol–water partition coefficient (Wildman–Crippen LogP) is 3.72. The molecule has 0 unspecified atom stereocenters. The van der Waals surface area contributed by atoms with Gasteiger partial charge in [0.05, 0.1) is 0 Å². The Hall–Kier alpha value is -2.45. The molecule has 1 N–H and O–H groups in total. The number of carbonyl (C=O) groups excluding carboxylic acids is 1. The lowest BCUT2D eigenvalue weighted by Gasteiger charge is -2.05. The third kappa shape index (κ3) is 3.60. The van der Waals surface area contributed by atoms with Crippen molar-refractivity contribution < 1.29 is 4.79 Å². The Morgan fingerprint density at radius 3 is 1.91 bits per heavy atom. The van der Waals surface area contributed by atoms with Crippen LogP contribution < -0.4 is 5.32 Å². The van der Waals surface area contributed by atoms with Crippen molar-refractivity contribution in [1.82, 2.24) is 5.32 Å². The largest absolute Gasteiger partial charge is 0.312 e. The Labute approximate surface area is 131 Å². The summed E-state index contributed by atoms with van der Waals surface area (Å²) < 4.78 is 0. The van der Waals surface area contributed by atoms with Crippen molar-refractivity contribution in [3.63, 3.8) is 0 Å². The lowest BCUT2D eigenvalue weighted by Crippen LogP contribution is -2.16. The highest BCUT2D eigenvalue weighted by atomic mass is 16.1. The van der Waals surface area contributed by atoms with E-state index in [9.17, 15) is 4.79 Å². The van der Waals surface area contributed by atoms with Gasteiger partial charge in [-0.1, -0.05) is 60.7 Å². The van der Waals surface area contributed by atoms with Gasteiger partial charge in [0, 0.05) is 17.7 Å². The molecule has 1 heterocycles. The monoisotopic (exact) mass is 289 g/mol. The molecule has 0 saturated carbocycles. The average molecular weight is 289 g/mol. The zero-order chi connectivity index (χ0) is 15.2. The van der Waals surface area contributed by atoms with Crippen molar-refractivity contribution in [2.45, 2.75) is 6.42 Å². The first-order chi connectivity index (χ1) is 10.8. The Balaban J connectivity index is 1.91. The van der Waals surface area contributed by atoms with Gasteiger partial charge in [-0.25, -0.2) is 0 Å². The summed E-state index contributed by atoms with van der Waals surface area (Å²) in [6, 6.07) is 20.0. The van der Waals surface area contributed by atoms with Crippen LogP contribution in [0.25, 0.3) is 12.2 Å². The zero-order valence-electron chi connectivity index (χ0n) is 12.5. The molecule has 3 rings (SSSR count). The first-order valence-corrected chi connectivity index (χ1v) is 7.59. The number of hydrogen-bond donors (Lipinski definition) is 1. The number of nitrogens with one attached hydrogen (secondary N) is 1. The maximum Gasteiger partial charge on any atom is 0.186 e. The van der Waals surface area contributed by atoms with Crippen LogP contribution >= 0.6 is 0 Å². The van der Waals surface area contributed by atoms with Crippen LogP contribution in [0.1, 0.15) is 17.5 Å². The summed E-state index contributed by atoms with van der Waals surface area (Å²) in [7, 11) is 0. The summed E-state index contributed by atoms with van der Waals surface area (Å²) in [5.74, 6) is 0.151. The molecule has 1 saturated heterocycles. The van der Waals surface area contributed by atoms with Gasteiger partial charge in [0.25, 0.3) is 0 Å². The van der Waals surface area contributed by atoms with Gasteiger partial charge in [-0.15, -0.1) is 0 Å². The molecule has 0 spiro atoms. The van der Waals surface area contributed by atoms with Gasteiger partial charge < -0.3 is 5.32 Å². The number of Topliss-reactive ketones (excluding diaryl/α,β-unsaturated/α-hetero) is 1. The van der Waals surface area contributed by atoms with Gasteiger partial charge in [-0.05, 0) is 36.2 Å². The van der Waals surface area contributed by atoms with Crippen LogP contribution in [0.15, 0.2) is 71.8 Å². The minimum Gasteiger partial charge on any atom is -0.312 e. The predicted molar refractivity (Wildman–Crippen MR) is 91.3 cm³/mol. The molecule has 0 amide bonds. The molecule has 1 aliphatic rings. The normalized spacial score (nSPS) is 19.4. The van der Waals surface area contributed by atoms with Crippen LogP contribution in [-0.2, 0) is 4.79 Å². The van der Waals surface area contributed by atoms with Gasteiger partial charge in [-0.2, -0.15) is 0 Å². The molecule has 2 heteroatoms. The number of rotatable bonds is 2. The maximum absolute atomic E-state index is 12.8. The van der Waals surface area contributed by atoms with Crippen LogP contribution in [0.4, 0.5) is 0 Å². The third-order valence-corrected chi connectivity index (χ3v) is 3.75. The van der Waals surface area contributed by atoms with E-state index in [1.807, 2.05) is 72.8 Å². The Morgan fingerprint density at radius 1 is 0.773 bits per heavy atom. The summed E-state index contributed by atoms with van der Waals surface area (Å²) in [5.41, 5.74) is 3.84. The molecule has 2 aromatic rings. The molecule has 0 radical (unpaired) electrons. The first-order valence-electron chi connectivity index (χ1n) is 7.59. The van der Waals surface area contributed by atoms with E-state index in [2.05, 4.69) is 5.32 Å². The van der Waals surface area contributed by atoms with Crippen LogP contribution in [0.3, 0.4) is 0 Å². The molecule has 0 atom stereocenters. The van der Waals surface area contributed by atoms with E-state index in [-0.39, 0.29) is 5.78 Å². The molecular formula is C20H19NO. The fraction of sp³-hybridized carbons (Fsp3) is 0.150. The van der Waals surface area contributed by atoms with Crippen molar-refractivity contribution in [2.24, 2.45) is 0 Å². The van der Waals surface area contributed by atoms with Crippen molar-refractivity contribution in [2.75, 3.05) is 13.1 Å². The highest BCUT2D eigenvalue weighted by Gasteiger charge is 2.18. The second-order valence-corrected chi connectivity index (χ2v) is 5.42. The van der Waals surface area contributed by atoms with Gasteiger partial charge in [0.1, 0.15) is 0 Å². The topological polar surface area (TPSA) is 29.1 Å². The van der Waals surface area contributed by atoms with E-state index in [0.717, 1.165) is 35.2 Å². The van der Waals surface area contributed by atoms with E-state index in [4.69, 9.17) is 0 Å². The Kier molecular flexibility index (Phi) is 4.62. The third-order valence-electron chi connectivity index (χ3n) is 3.75. The second-order valence-electron chi connectivity index (χ2n) is 5.42. The van der Waals surface area contributed by atoms with Crippen molar-refractivity contribution >= 4 is 17.9 Å². The number of hydrogen-bond acceptors (Lipinski definition) is 2. The summed E-state index contributed by atoms with van der Waals surface area (Å²) >= 11 is 0. The fourth-order valence-electron chi connectivity index (χ4n) is 2.60. The van der Waals surface area contributed by atoms with Crippen LogP contribution in [0.2, 0.25) is 0 Å². The molecule has 110 valence electrons. The van der Waals surface area contributed by atoms with Crippen LogP contribution in [0, 0.1) is 0 Å². The molecule has 1 fully saturated rings. The quantitative estimate of drug-likeness (QED) is 0.854. The molecule has 0 bridgehead atoms. The van der Waals surface area contributed by atoms with Gasteiger partial charge in [0.2, 0.25) is 0 Å². The lowest BCUT2D eigenvalue weighted by atomic mass is 9.98. The maximum atomic E-state index is 12.8. The molecule has 0 aromatic heterocycles. The zero-order valence-corrected chi connectivity index (χ0v) is 12.5. The van der Waals surface area contributed by atoms with E-state index in [1.54, 1.807) is 0 Å². The smallest absolute Gasteiger partial charge is 0.186 e. The van der Waals surface area contributed by atoms with Gasteiger partial charge in [0.15, 0.2) is 5.78 Å². The van der Waals surface area contributed by atoms with Crippen LogP contribution in [-0.4, -0.2) is 18.9 Å². The van der Waals surface area contributed by atoms with Gasteiger partial charge in [-0.3, -0.25) is 4.79 Å². The van der Waals surface area contributed by atoms with E-state index >= 15 is 0 Å². The number of benzene rings is 2. The first kappa shape index (κ1) is 14.5. The lowest BCUT2D eigenvalue weighted by molar-refractivity contribution is -0.112. The summed E-state index contributed by atoms with van der Waals surface area (Å²) in [6.07, 6.45) is 4.76. The molecule has 22 heavy (non-hydrogen) atoms. The Bertz CT molecular complexity index is 638. The van der Waals surface area contributed by atoms with Crippen molar-refractivity contribution in [1.29, 1.82) is 0 Å². The number of carbonyl (C=O) groups is 1. The SMILES string of the molecule is O=C1C(=Cc2ccccc2)CCNCC1=Cc1ccccc1. The molecule has 2 aromatic carbocycles. The number of ketones is 1. The van der Waals surface area contributed by atoms with E-state index < -0.39 is 0 Å². The van der Waals surface area contributed by atoms with Crippen molar-refractivity contribution in [3.05, 3.63) is 82.9 Å². The Morgan fingerprint density at radius 2 is 1.32 bits per heavy atom. The molecular weight excluding hydrogens is 270 g/mol. The highest BCUT2D eigenvalue weighted by Crippen LogP contribution is 2.19. The van der Waals surface area contributed by atoms with Gasteiger partial charge >= 0.3 is 0 Å².